The molecule has 0 amide bonds. The Morgan fingerprint density at radius 3 is 1.24 bits per heavy atom. The quantitative estimate of drug-likeness (QED) is 0.262. The van der Waals surface area contributed by atoms with E-state index in [1.165, 1.54) is 52.2 Å². The van der Waals surface area contributed by atoms with E-state index in [1.54, 1.807) is 23.5 Å². The van der Waals surface area contributed by atoms with Crippen molar-refractivity contribution in [1.29, 1.82) is 0 Å². The molecule has 29 heavy (non-hydrogen) atoms. The highest BCUT2D eigenvalue weighted by Crippen LogP contribution is 2.38. The third-order valence-corrected chi connectivity index (χ3v) is 7.95. The predicted molar refractivity (Wildman–Crippen MR) is 134 cm³/mol. The Balaban J connectivity index is 1.62. The zero-order valence-corrected chi connectivity index (χ0v) is 18.8. The zero-order valence-electron chi connectivity index (χ0n) is 16.3. The van der Waals surface area contributed by atoms with E-state index in [2.05, 4.69) is 97.4 Å². The van der Waals surface area contributed by atoms with E-state index in [-0.39, 0.29) is 0 Å². The van der Waals surface area contributed by atoms with Crippen LogP contribution in [0.25, 0.3) is 42.4 Å². The van der Waals surface area contributed by atoms with Crippen LogP contribution in [-0.4, -0.2) is 12.5 Å². The minimum absolute atomic E-state index is 1.27. The first-order chi connectivity index (χ1) is 14.2. The molecule has 1 aromatic heterocycles. The molecule has 0 saturated heterocycles. The van der Waals surface area contributed by atoms with Gasteiger partial charge in [-0.1, -0.05) is 36.4 Å². The monoisotopic (exact) mass is 428 g/mol. The van der Waals surface area contributed by atoms with Gasteiger partial charge in [-0.25, -0.2) is 0 Å². The fourth-order valence-corrected chi connectivity index (χ4v) is 5.59. The van der Waals surface area contributed by atoms with Crippen LogP contribution in [0.5, 0.6) is 0 Å². The second-order valence-corrected chi connectivity index (χ2v) is 9.82. The summed E-state index contributed by atoms with van der Waals surface area (Å²) in [5.74, 6) is 0. The lowest BCUT2D eigenvalue weighted by molar-refractivity contribution is 1.46. The highest BCUT2D eigenvalue weighted by Gasteiger charge is 2.09. The average molecular weight is 429 g/mol. The van der Waals surface area contributed by atoms with Crippen molar-refractivity contribution in [3.8, 4) is 22.3 Å². The van der Waals surface area contributed by atoms with Crippen molar-refractivity contribution >= 4 is 55.0 Å². The molecule has 4 aromatic carbocycles. The van der Waals surface area contributed by atoms with Gasteiger partial charge < -0.3 is 0 Å². The average Bonchev–Trinajstić information content (AvgIpc) is 3.16. The Labute approximate surface area is 184 Å². The smallest absolute Gasteiger partial charge is 0.0355 e. The fourth-order valence-electron chi connectivity index (χ4n) is 3.70. The second kappa shape index (κ2) is 7.91. The molecule has 0 unspecified atom stereocenters. The summed E-state index contributed by atoms with van der Waals surface area (Å²) >= 11 is 5.44. The highest BCUT2D eigenvalue weighted by atomic mass is 32.2. The van der Waals surface area contributed by atoms with Crippen molar-refractivity contribution in [1.82, 2.24) is 0 Å². The Hall–Kier alpha value is -2.20. The molecule has 0 saturated carbocycles. The van der Waals surface area contributed by atoms with Gasteiger partial charge in [-0.15, -0.1) is 34.9 Å². The number of rotatable bonds is 4. The van der Waals surface area contributed by atoms with E-state index < -0.39 is 0 Å². The molecule has 0 atom stereocenters. The first-order valence-electron chi connectivity index (χ1n) is 9.50. The molecular formula is C26H20S3. The molecule has 0 fully saturated rings. The topological polar surface area (TPSA) is 0 Å². The third-order valence-electron chi connectivity index (χ3n) is 5.32. The van der Waals surface area contributed by atoms with E-state index in [1.807, 2.05) is 11.3 Å². The van der Waals surface area contributed by atoms with Crippen LogP contribution in [0.3, 0.4) is 0 Å². The minimum Gasteiger partial charge on any atom is -0.135 e. The molecule has 0 N–H and O–H groups in total. The zero-order chi connectivity index (χ0) is 19.8. The van der Waals surface area contributed by atoms with Crippen molar-refractivity contribution in [2.24, 2.45) is 0 Å². The summed E-state index contributed by atoms with van der Waals surface area (Å²) < 4.78 is 2.69. The van der Waals surface area contributed by atoms with Crippen LogP contribution in [0.15, 0.2) is 94.7 Å². The largest absolute Gasteiger partial charge is 0.135 e. The number of thioether (sulfide) groups is 2. The molecule has 1 heterocycles. The summed E-state index contributed by atoms with van der Waals surface area (Å²) in [6, 6.07) is 31.4. The van der Waals surface area contributed by atoms with Crippen LogP contribution in [0.2, 0.25) is 0 Å². The van der Waals surface area contributed by atoms with E-state index in [9.17, 15) is 0 Å². The summed E-state index contributed by atoms with van der Waals surface area (Å²) in [5, 5.41) is 2.69. The van der Waals surface area contributed by atoms with Crippen molar-refractivity contribution in [2.75, 3.05) is 12.5 Å². The standard InChI is InChI=1S/C26H20S3/c1-27-21-9-3-17(4-10-21)19-7-13-25-23(15-19)24-16-20(8-14-26(24)29-25)18-5-11-22(28-2)12-6-18/h3-16H,1-2H3. The fraction of sp³-hybridized carbons (Fsp3) is 0.0769. The van der Waals surface area contributed by atoms with Crippen LogP contribution in [0, 0.1) is 0 Å². The molecule has 0 bridgehead atoms. The lowest BCUT2D eigenvalue weighted by Gasteiger charge is -2.05. The first kappa shape index (κ1) is 18.8. The molecule has 0 nitrogen and oxygen atoms in total. The van der Waals surface area contributed by atoms with E-state index in [0.717, 1.165) is 0 Å². The second-order valence-electron chi connectivity index (χ2n) is 6.98. The third kappa shape index (κ3) is 3.59. The Kier molecular flexibility index (Phi) is 5.13. The molecule has 0 spiro atoms. The van der Waals surface area contributed by atoms with Crippen LogP contribution in [-0.2, 0) is 0 Å². The molecule has 142 valence electrons. The molecule has 0 aliphatic rings. The molecular weight excluding hydrogens is 408 g/mol. The molecule has 0 aliphatic heterocycles. The summed E-state index contributed by atoms with van der Waals surface area (Å²) in [6.07, 6.45) is 4.23. The number of hydrogen-bond donors (Lipinski definition) is 0. The van der Waals surface area contributed by atoms with Crippen LogP contribution >= 0.6 is 34.9 Å². The lowest BCUT2D eigenvalue weighted by atomic mass is 10.0. The van der Waals surface area contributed by atoms with Crippen molar-refractivity contribution < 1.29 is 0 Å². The van der Waals surface area contributed by atoms with Gasteiger partial charge in [-0.3, -0.25) is 0 Å². The molecule has 5 rings (SSSR count). The minimum atomic E-state index is 1.27. The van der Waals surface area contributed by atoms with Crippen LogP contribution in [0.1, 0.15) is 0 Å². The van der Waals surface area contributed by atoms with Gasteiger partial charge in [-0.05, 0) is 83.3 Å². The highest BCUT2D eigenvalue weighted by molar-refractivity contribution is 7.98. The summed E-state index contributed by atoms with van der Waals surface area (Å²) in [4.78, 5) is 2.60. The van der Waals surface area contributed by atoms with Crippen molar-refractivity contribution in [2.45, 2.75) is 9.79 Å². The number of hydrogen-bond acceptors (Lipinski definition) is 3. The first-order valence-corrected chi connectivity index (χ1v) is 12.8. The van der Waals surface area contributed by atoms with Gasteiger partial charge in [0.1, 0.15) is 0 Å². The van der Waals surface area contributed by atoms with Gasteiger partial charge >= 0.3 is 0 Å². The Morgan fingerprint density at radius 1 is 0.483 bits per heavy atom. The SMILES string of the molecule is CSc1ccc(-c2ccc3sc4ccc(-c5ccc(SC)cc5)cc4c3c2)cc1. The van der Waals surface area contributed by atoms with Gasteiger partial charge in [0.2, 0.25) is 0 Å². The summed E-state index contributed by atoms with van der Waals surface area (Å²) in [7, 11) is 0. The Bertz CT molecular complexity index is 1190. The van der Waals surface area contributed by atoms with Gasteiger partial charge in [0.15, 0.2) is 0 Å². The maximum absolute atomic E-state index is 2.35. The molecule has 0 aliphatic carbocycles. The molecule has 3 heteroatoms. The molecule has 5 aromatic rings. The van der Waals surface area contributed by atoms with Crippen LogP contribution < -0.4 is 0 Å². The number of thiophene rings is 1. The van der Waals surface area contributed by atoms with Crippen molar-refractivity contribution in [3.63, 3.8) is 0 Å². The van der Waals surface area contributed by atoms with Crippen molar-refractivity contribution in [3.05, 3.63) is 84.9 Å². The molecule has 0 radical (unpaired) electrons. The van der Waals surface area contributed by atoms with Gasteiger partial charge in [0.25, 0.3) is 0 Å². The van der Waals surface area contributed by atoms with Gasteiger partial charge in [0.05, 0.1) is 0 Å². The summed E-state index contributed by atoms with van der Waals surface area (Å²) in [6.45, 7) is 0. The van der Waals surface area contributed by atoms with E-state index >= 15 is 0 Å². The number of fused-ring (bicyclic) bond motifs is 3. The maximum Gasteiger partial charge on any atom is 0.0355 e. The van der Waals surface area contributed by atoms with Crippen LogP contribution in [0.4, 0.5) is 0 Å². The van der Waals surface area contributed by atoms with Gasteiger partial charge in [0, 0.05) is 30.0 Å². The van der Waals surface area contributed by atoms with E-state index in [4.69, 9.17) is 0 Å². The van der Waals surface area contributed by atoms with E-state index in [0.29, 0.717) is 0 Å². The van der Waals surface area contributed by atoms with Gasteiger partial charge in [-0.2, -0.15) is 0 Å². The summed E-state index contributed by atoms with van der Waals surface area (Å²) in [5.41, 5.74) is 5.10. The predicted octanol–water partition coefficient (Wildman–Crippen LogP) is 8.83. The lowest BCUT2D eigenvalue weighted by Crippen LogP contribution is -1.79. The normalized spacial score (nSPS) is 11.4. The maximum atomic E-state index is 2.35. The number of benzene rings is 4. The Morgan fingerprint density at radius 2 is 0.862 bits per heavy atom.